The lowest BCUT2D eigenvalue weighted by Gasteiger charge is -2.31. The van der Waals surface area contributed by atoms with Gasteiger partial charge in [-0.3, -0.25) is 5.84 Å². The van der Waals surface area contributed by atoms with E-state index in [9.17, 15) is 0 Å². The van der Waals surface area contributed by atoms with Crippen LogP contribution in [0.15, 0.2) is 0 Å². The molecule has 58 valence electrons. The van der Waals surface area contributed by atoms with Gasteiger partial charge in [-0.1, -0.05) is 0 Å². The highest BCUT2D eigenvalue weighted by Crippen LogP contribution is 2.13. The van der Waals surface area contributed by atoms with Crippen molar-refractivity contribution < 1.29 is 9.47 Å². The van der Waals surface area contributed by atoms with Crippen molar-refractivity contribution in [2.75, 3.05) is 26.4 Å². The first-order valence-electron chi connectivity index (χ1n) is 3.57. The van der Waals surface area contributed by atoms with E-state index >= 15 is 0 Å². The molecule has 0 aromatic carbocycles. The summed E-state index contributed by atoms with van der Waals surface area (Å²) >= 11 is 0. The average Bonchev–Trinajstić information content (AvgIpc) is 2.20. The number of fused-ring (bicyclic) bond motifs is 4. The maximum Gasteiger partial charge on any atom is 0.0949 e. The predicted molar refractivity (Wildman–Crippen MR) is 35.2 cm³/mol. The molecule has 0 aromatic rings. The summed E-state index contributed by atoms with van der Waals surface area (Å²) in [5.41, 5.74) is 0. The van der Waals surface area contributed by atoms with Crippen molar-refractivity contribution in [3.63, 3.8) is 0 Å². The fourth-order valence-electron chi connectivity index (χ4n) is 1.36. The molecule has 4 nitrogen and oxygen atoms in total. The summed E-state index contributed by atoms with van der Waals surface area (Å²) in [6.45, 7) is 2.95. The monoisotopic (exact) mass is 144 g/mol. The van der Waals surface area contributed by atoms with Gasteiger partial charge >= 0.3 is 0 Å². The van der Waals surface area contributed by atoms with E-state index < -0.39 is 0 Å². The highest BCUT2D eigenvalue weighted by molar-refractivity contribution is 4.79. The van der Waals surface area contributed by atoms with Crippen molar-refractivity contribution in [3.05, 3.63) is 0 Å². The number of nitrogens with zero attached hydrogens (tertiary/aromatic N) is 1. The van der Waals surface area contributed by atoms with E-state index in [1.165, 1.54) is 0 Å². The Morgan fingerprint density at radius 2 is 2.20 bits per heavy atom. The number of hydrogen-bond acceptors (Lipinski definition) is 4. The van der Waals surface area contributed by atoms with E-state index in [1.807, 2.05) is 5.01 Å². The van der Waals surface area contributed by atoms with E-state index in [4.69, 9.17) is 15.3 Å². The highest BCUT2D eigenvalue weighted by Gasteiger charge is 2.30. The molecule has 0 saturated carbocycles. The van der Waals surface area contributed by atoms with E-state index in [1.54, 1.807) is 0 Å². The van der Waals surface area contributed by atoms with Gasteiger partial charge in [0.2, 0.25) is 0 Å². The molecule has 0 amide bonds. The van der Waals surface area contributed by atoms with Crippen LogP contribution >= 0.6 is 0 Å². The minimum atomic E-state index is 0.198. The Balaban J connectivity index is 2.07. The van der Waals surface area contributed by atoms with Crippen LogP contribution < -0.4 is 5.84 Å². The van der Waals surface area contributed by atoms with Crippen LogP contribution in [0.3, 0.4) is 0 Å². The zero-order valence-corrected chi connectivity index (χ0v) is 5.82. The Kier molecular flexibility index (Phi) is 1.61. The van der Waals surface area contributed by atoms with Crippen molar-refractivity contribution in [1.29, 1.82) is 0 Å². The molecule has 2 atom stereocenters. The lowest BCUT2D eigenvalue weighted by molar-refractivity contribution is -0.0443. The largest absolute Gasteiger partial charge is 0.377 e. The zero-order chi connectivity index (χ0) is 6.97. The minimum absolute atomic E-state index is 0.198. The van der Waals surface area contributed by atoms with Crippen LogP contribution in [0.4, 0.5) is 0 Å². The molecule has 2 unspecified atom stereocenters. The second-order valence-electron chi connectivity index (χ2n) is 2.84. The van der Waals surface area contributed by atoms with Crippen LogP contribution in [0.25, 0.3) is 0 Å². The first kappa shape index (κ1) is 6.54. The van der Waals surface area contributed by atoms with Gasteiger partial charge in [0, 0.05) is 6.54 Å². The summed E-state index contributed by atoms with van der Waals surface area (Å²) < 4.78 is 10.7. The Hall–Kier alpha value is -0.160. The number of hydrogen-bond donors (Lipinski definition) is 1. The van der Waals surface area contributed by atoms with Gasteiger partial charge in [0.05, 0.1) is 32.0 Å². The van der Waals surface area contributed by atoms with Crippen LogP contribution in [-0.2, 0) is 9.47 Å². The molecule has 3 fully saturated rings. The topological polar surface area (TPSA) is 47.7 Å². The molecule has 0 radical (unpaired) electrons. The van der Waals surface area contributed by atoms with Crippen LogP contribution in [0.2, 0.25) is 0 Å². The molecule has 0 aromatic heterocycles. The molecule has 3 aliphatic heterocycles. The predicted octanol–water partition coefficient (Wildman–Crippen LogP) is -1.04. The molecule has 2 N–H and O–H groups in total. The molecule has 10 heavy (non-hydrogen) atoms. The van der Waals surface area contributed by atoms with Crippen LogP contribution in [0.1, 0.15) is 0 Å². The molecule has 4 heteroatoms. The van der Waals surface area contributed by atoms with Crippen molar-refractivity contribution in [2.24, 2.45) is 5.84 Å². The number of morpholine rings is 1. The summed E-state index contributed by atoms with van der Waals surface area (Å²) in [6.07, 6.45) is 0.198. The number of ether oxygens (including phenoxy) is 2. The van der Waals surface area contributed by atoms with Gasteiger partial charge in [0.1, 0.15) is 0 Å². The van der Waals surface area contributed by atoms with Crippen molar-refractivity contribution in [2.45, 2.75) is 12.1 Å². The smallest absolute Gasteiger partial charge is 0.0949 e. The van der Waals surface area contributed by atoms with E-state index in [-0.39, 0.29) is 12.1 Å². The first-order valence-corrected chi connectivity index (χ1v) is 3.57. The van der Waals surface area contributed by atoms with Crippen LogP contribution in [-0.4, -0.2) is 43.5 Å². The Morgan fingerprint density at radius 3 is 3.00 bits per heavy atom. The molecule has 3 rings (SSSR count). The molecule has 3 aliphatic rings. The molecule has 0 aliphatic carbocycles. The van der Waals surface area contributed by atoms with Crippen LogP contribution in [0, 0.1) is 0 Å². The number of nitrogens with two attached hydrogens (primary N) is 1. The minimum Gasteiger partial charge on any atom is -0.377 e. The first-order chi connectivity index (χ1) is 4.86. The Labute approximate surface area is 59.8 Å². The molecule has 3 saturated heterocycles. The summed E-state index contributed by atoms with van der Waals surface area (Å²) in [7, 11) is 0. The quantitative estimate of drug-likeness (QED) is 0.441. The lowest BCUT2D eigenvalue weighted by Crippen LogP contribution is -2.52. The van der Waals surface area contributed by atoms with Crippen molar-refractivity contribution in [3.8, 4) is 0 Å². The number of rotatable bonds is 0. The average molecular weight is 144 g/mol. The maximum absolute atomic E-state index is 5.69. The van der Waals surface area contributed by atoms with Gasteiger partial charge in [-0.2, -0.15) is 0 Å². The van der Waals surface area contributed by atoms with Gasteiger partial charge in [-0.25, -0.2) is 5.01 Å². The van der Waals surface area contributed by atoms with Gasteiger partial charge < -0.3 is 9.47 Å². The van der Waals surface area contributed by atoms with Gasteiger partial charge in [-0.05, 0) is 0 Å². The SMILES string of the molecule is NN1CC2COCC1CO2. The molecule has 3 heterocycles. The molecular weight excluding hydrogens is 132 g/mol. The normalized spacial score (nSPS) is 41.7. The fourth-order valence-corrected chi connectivity index (χ4v) is 1.36. The second-order valence-corrected chi connectivity index (χ2v) is 2.84. The third-order valence-electron chi connectivity index (χ3n) is 2.02. The molecule has 2 bridgehead atoms. The van der Waals surface area contributed by atoms with Crippen LogP contribution in [0.5, 0.6) is 0 Å². The zero-order valence-electron chi connectivity index (χ0n) is 5.82. The third kappa shape index (κ3) is 1.03. The maximum atomic E-state index is 5.69. The third-order valence-corrected chi connectivity index (χ3v) is 2.02. The standard InChI is InChI=1S/C6H12N2O2/c7-8-1-6-4-9-2-5(8)3-10-6/h5-6H,1-4,7H2. The van der Waals surface area contributed by atoms with E-state index in [0.29, 0.717) is 13.2 Å². The highest BCUT2D eigenvalue weighted by atomic mass is 16.5. The van der Waals surface area contributed by atoms with E-state index in [0.717, 1.165) is 13.2 Å². The van der Waals surface area contributed by atoms with Crippen molar-refractivity contribution >= 4 is 0 Å². The molecule has 0 spiro atoms. The summed E-state index contributed by atoms with van der Waals surface area (Å²) in [6, 6.07) is 0.277. The molecular formula is C6H12N2O2. The van der Waals surface area contributed by atoms with E-state index in [2.05, 4.69) is 0 Å². The summed E-state index contributed by atoms with van der Waals surface area (Å²) in [5, 5.41) is 1.82. The Morgan fingerprint density at radius 1 is 1.30 bits per heavy atom. The summed E-state index contributed by atoms with van der Waals surface area (Å²) in [5.74, 6) is 5.69. The second kappa shape index (κ2) is 2.47. The van der Waals surface area contributed by atoms with Crippen molar-refractivity contribution in [1.82, 2.24) is 5.01 Å². The lowest BCUT2D eigenvalue weighted by atomic mass is 10.2. The fraction of sp³-hybridized carbons (Fsp3) is 1.00. The van der Waals surface area contributed by atoms with Gasteiger partial charge in [0.15, 0.2) is 0 Å². The van der Waals surface area contributed by atoms with Gasteiger partial charge in [0.25, 0.3) is 0 Å². The summed E-state index contributed by atoms with van der Waals surface area (Å²) in [4.78, 5) is 0. The number of hydrazine groups is 1. The van der Waals surface area contributed by atoms with Gasteiger partial charge in [-0.15, -0.1) is 0 Å². The Bertz CT molecular complexity index is 127.